The van der Waals surface area contributed by atoms with Crippen LogP contribution in [0.15, 0.2) is 54.6 Å². The number of hydrogen-bond acceptors (Lipinski definition) is 4. The third-order valence-electron chi connectivity index (χ3n) is 3.35. The van der Waals surface area contributed by atoms with Gasteiger partial charge in [-0.2, -0.15) is 0 Å². The van der Waals surface area contributed by atoms with Gasteiger partial charge in [0.2, 0.25) is 0 Å². The molecule has 5 nitrogen and oxygen atoms in total. The maximum absolute atomic E-state index is 10.9. The summed E-state index contributed by atoms with van der Waals surface area (Å²) in [6.45, 7) is 0. The highest BCUT2D eigenvalue weighted by molar-refractivity contribution is 5.67. The average molecular weight is 283 g/mol. The first-order valence-electron chi connectivity index (χ1n) is 6.45. The third-order valence-corrected chi connectivity index (χ3v) is 3.35. The van der Waals surface area contributed by atoms with Gasteiger partial charge in [0.1, 0.15) is 17.6 Å². The number of nitro groups is 1. The molecule has 2 aromatic carbocycles. The van der Waals surface area contributed by atoms with Crippen LogP contribution in [0.1, 0.15) is 17.2 Å². The van der Waals surface area contributed by atoms with E-state index < -0.39 is 4.92 Å². The van der Waals surface area contributed by atoms with Crippen LogP contribution in [0, 0.1) is 10.1 Å². The Labute approximate surface area is 121 Å². The highest BCUT2D eigenvalue weighted by Gasteiger charge is 2.24. The van der Waals surface area contributed by atoms with Crippen LogP contribution in [0.4, 0.5) is 5.69 Å². The minimum Gasteiger partial charge on any atom is -0.457 e. The molecule has 0 saturated carbocycles. The van der Waals surface area contributed by atoms with Crippen LogP contribution in [0.25, 0.3) is 5.76 Å². The van der Waals surface area contributed by atoms with Crippen molar-refractivity contribution < 1.29 is 14.4 Å². The summed E-state index contributed by atoms with van der Waals surface area (Å²) in [5, 5.41) is 10.9. The fourth-order valence-corrected chi connectivity index (χ4v) is 2.30. The zero-order valence-corrected chi connectivity index (χ0v) is 11.4. The average Bonchev–Trinajstić information content (AvgIpc) is 2.54. The molecule has 1 atom stereocenters. The van der Waals surface area contributed by atoms with Crippen molar-refractivity contribution in [1.29, 1.82) is 0 Å². The summed E-state index contributed by atoms with van der Waals surface area (Å²) in [5.41, 5.74) is 1.62. The van der Waals surface area contributed by atoms with Crippen LogP contribution >= 0.6 is 0 Å². The van der Waals surface area contributed by atoms with Crippen molar-refractivity contribution in [3.05, 3.63) is 75.8 Å². The number of benzene rings is 2. The molecular formula is C16H13NO4. The Morgan fingerprint density at radius 1 is 1.19 bits per heavy atom. The van der Waals surface area contributed by atoms with Gasteiger partial charge >= 0.3 is 0 Å². The van der Waals surface area contributed by atoms with E-state index in [1.807, 2.05) is 36.4 Å². The molecule has 0 spiro atoms. The predicted octanol–water partition coefficient (Wildman–Crippen LogP) is 3.72. The molecule has 3 rings (SSSR count). The molecule has 21 heavy (non-hydrogen) atoms. The molecule has 0 radical (unpaired) electrons. The molecule has 1 heterocycles. The Morgan fingerprint density at radius 2 is 1.95 bits per heavy atom. The first-order valence-corrected chi connectivity index (χ1v) is 6.45. The van der Waals surface area contributed by atoms with E-state index in [4.69, 9.17) is 9.47 Å². The van der Waals surface area contributed by atoms with Crippen molar-refractivity contribution in [2.45, 2.75) is 6.10 Å². The summed E-state index contributed by atoms with van der Waals surface area (Å²) < 4.78 is 11.3. The van der Waals surface area contributed by atoms with Gasteiger partial charge in [-0.15, -0.1) is 0 Å². The molecule has 0 aliphatic carbocycles. The maximum atomic E-state index is 10.9. The topological polar surface area (TPSA) is 61.6 Å². The SMILES string of the molecule is COC1C=C(c2ccccc2)Oc2ccc([N+](=O)[O-])cc21. The fourth-order valence-electron chi connectivity index (χ4n) is 2.30. The lowest BCUT2D eigenvalue weighted by Gasteiger charge is -2.24. The maximum Gasteiger partial charge on any atom is 0.270 e. The van der Waals surface area contributed by atoms with E-state index in [0.29, 0.717) is 17.1 Å². The number of nitrogens with zero attached hydrogens (tertiary/aromatic N) is 1. The lowest BCUT2D eigenvalue weighted by molar-refractivity contribution is -0.385. The van der Waals surface area contributed by atoms with Gasteiger partial charge in [-0.3, -0.25) is 10.1 Å². The Morgan fingerprint density at radius 3 is 2.62 bits per heavy atom. The molecule has 0 aromatic heterocycles. The second kappa shape index (κ2) is 5.38. The lowest BCUT2D eigenvalue weighted by atomic mass is 10.0. The quantitative estimate of drug-likeness (QED) is 0.636. The molecule has 0 fully saturated rings. The summed E-state index contributed by atoms with van der Waals surface area (Å²) >= 11 is 0. The minimum absolute atomic E-state index is 0.0240. The Balaban J connectivity index is 2.03. The number of fused-ring (bicyclic) bond motifs is 1. The minimum atomic E-state index is -0.427. The van der Waals surface area contributed by atoms with Crippen molar-refractivity contribution in [3.63, 3.8) is 0 Å². The first kappa shape index (κ1) is 13.3. The first-order chi connectivity index (χ1) is 10.2. The zero-order chi connectivity index (χ0) is 14.8. The third kappa shape index (κ3) is 2.51. The van der Waals surface area contributed by atoms with E-state index in [2.05, 4.69) is 0 Å². The number of nitro benzene ring substituents is 1. The van der Waals surface area contributed by atoms with Gasteiger partial charge < -0.3 is 9.47 Å². The van der Waals surface area contributed by atoms with Gasteiger partial charge in [-0.25, -0.2) is 0 Å². The number of ether oxygens (including phenoxy) is 2. The Hall–Kier alpha value is -2.66. The van der Waals surface area contributed by atoms with Crippen molar-refractivity contribution >= 4 is 11.4 Å². The molecule has 0 saturated heterocycles. The Bertz CT molecular complexity index is 709. The molecule has 5 heteroatoms. The van der Waals surface area contributed by atoms with Crippen LogP contribution in [0.2, 0.25) is 0 Å². The summed E-state index contributed by atoms with van der Waals surface area (Å²) in [5.74, 6) is 1.26. The summed E-state index contributed by atoms with van der Waals surface area (Å²) in [4.78, 5) is 10.4. The fraction of sp³-hybridized carbons (Fsp3) is 0.125. The summed E-state index contributed by atoms with van der Waals surface area (Å²) in [6, 6.07) is 14.2. The smallest absolute Gasteiger partial charge is 0.270 e. The van der Waals surface area contributed by atoms with Gasteiger partial charge in [0.25, 0.3) is 5.69 Å². The summed E-state index contributed by atoms with van der Waals surface area (Å²) in [6.07, 6.45) is 1.45. The number of non-ortho nitro benzene ring substituents is 1. The van der Waals surface area contributed by atoms with E-state index in [-0.39, 0.29) is 11.8 Å². The molecule has 0 bridgehead atoms. The number of rotatable bonds is 3. The van der Waals surface area contributed by atoms with Crippen molar-refractivity contribution in [2.24, 2.45) is 0 Å². The molecule has 0 amide bonds. The predicted molar refractivity (Wildman–Crippen MR) is 77.9 cm³/mol. The molecule has 0 N–H and O–H groups in total. The largest absolute Gasteiger partial charge is 0.457 e. The van der Waals surface area contributed by atoms with Gasteiger partial charge in [-0.05, 0) is 12.1 Å². The van der Waals surface area contributed by atoms with Crippen molar-refractivity contribution in [3.8, 4) is 5.75 Å². The van der Waals surface area contributed by atoms with Crippen LogP contribution < -0.4 is 4.74 Å². The van der Waals surface area contributed by atoms with E-state index in [1.54, 1.807) is 13.2 Å². The van der Waals surface area contributed by atoms with E-state index in [0.717, 1.165) is 5.56 Å². The molecule has 106 valence electrons. The number of hydrogen-bond donors (Lipinski definition) is 0. The van der Waals surface area contributed by atoms with Crippen LogP contribution in [-0.4, -0.2) is 12.0 Å². The standard InChI is InChI=1S/C16H13NO4/c1-20-16-10-15(11-5-3-2-4-6-11)21-14-8-7-12(17(18)19)9-13(14)16/h2-10,16H,1H3. The number of methoxy groups -OCH3 is 1. The van der Waals surface area contributed by atoms with E-state index >= 15 is 0 Å². The van der Waals surface area contributed by atoms with E-state index in [9.17, 15) is 10.1 Å². The zero-order valence-electron chi connectivity index (χ0n) is 11.4. The second-order valence-electron chi connectivity index (χ2n) is 4.63. The van der Waals surface area contributed by atoms with Gasteiger partial charge in [0.05, 0.1) is 4.92 Å². The molecule has 2 aromatic rings. The van der Waals surface area contributed by atoms with Gasteiger partial charge in [-0.1, -0.05) is 30.3 Å². The Kier molecular flexibility index (Phi) is 3.41. The van der Waals surface area contributed by atoms with Crippen LogP contribution in [0.3, 0.4) is 0 Å². The molecule has 1 unspecified atom stereocenters. The lowest BCUT2D eigenvalue weighted by Crippen LogP contribution is -2.10. The van der Waals surface area contributed by atoms with E-state index in [1.165, 1.54) is 12.1 Å². The summed E-state index contributed by atoms with van der Waals surface area (Å²) in [7, 11) is 1.57. The molecule has 1 aliphatic rings. The highest BCUT2D eigenvalue weighted by atomic mass is 16.6. The van der Waals surface area contributed by atoms with Crippen LogP contribution in [-0.2, 0) is 4.74 Å². The molecule has 1 aliphatic heterocycles. The second-order valence-corrected chi connectivity index (χ2v) is 4.63. The normalized spacial score (nSPS) is 16.6. The monoisotopic (exact) mass is 283 g/mol. The van der Waals surface area contributed by atoms with Crippen LogP contribution in [0.5, 0.6) is 5.75 Å². The highest BCUT2D eigenvalue weighted by Crippen LogP contribution is 2.39. The van der Waals surface area contributed by atoms with Gasteiger partial charge in [0, 0.05) is 30.4 Å². The molecular weight excluding hydrogens is 270 g/mol. The van der Waals surface area contributed by atoms with Gasteiger partial charge in [0.15, 0.2) is 0 Å². The van der Waals surface area contributed by atoms with Crippen molar-refractivity contribution in [2.75, 3.05) is 7.11 Å². The van der Waals surface area contributed by atoms with Crippen molar-refractivity contribution in [1.82, 2.24) is 0 Å².